The van der Waals surface area contributed by atoms with Gasteiger partial charge in [-0.3, -0.25) is 19.0 Å². The summed E-state index contributed by atoms with van der Waals surface area (Å²) in [6.45, 7) is 1.76. The molecule has 1 aromatic heterocycles. The lowest BCUT2D eigenvalue weighted by atomic mass is 9.95. The van der Waals surface area contributed by atoms with Gasteiger partial charge >= 0.3 is 0 Å². The van der Waals surface area contributed by atoms with Gasteiger partial charge in [0.05, 0.1) is 35.7 Å². The molecule has 1 atom stereocenters. The fourth-order valence-corrected chi connectivity index (χ4v) is 6.24. The van der Waals surface area contributed by atoms with E-state index in [0.29, 0.717) is 48.7 Å². The highest BCUT2D eigenvalue weighted by molar-refractivity contribution is 7.07. The Bertz CT molecular complexity index is 1870. The predicted octanol–water partition coefficient (Wildman–Crippen LogP) is 3.23. The maximum atomic E-state index is 14.2. The van der Waals surface area contributed by atoms with Crippen LogP contribution in [0.15, 0.2) is 99.9 Å². The van der Waals surface area contributed by atoms with Crippen LogP contribution in [0.4, 0.5) is 11.4 Å². The summed E-state index contributed by atoms with van der Waals surface area (Å²) in [5.74, 6) is -0.0242. The molecule has 0 radical (unpaired) electrons. The van der Waals surface area contributed by atoms with E-state index < -0.39 is 6.04 Å². The number of para-hydroxylation sites is 2. The van der Waals surface area contributed by atoms with Gasteiger partial charge in [-0.2, -0.15) is 0 Å². The summed E-state index contributed by atoms with van der Waals surface area (Å²) in [7, 11) is 3.26. The number of carbonyl (C=O) groups is 2. The number of fused-ring (bicyclic) bond motifs is 2. The highest BCUT2D eigenvalue weighted by Gasteiger charge is 2.36. The van der Waals surface area contributed by atoms with E-state index >= 15 is 0 Å². The summed E-state index contributed by atoms with van der Waals surface area (Å²) in [6.07, 6.45) is 0. The summed E-state index contributed by atoms with van der Waals surface area (Å²) >= 11 is 1.16. The Hall–Kier alpha value is -4.76. The summed E-state index contributed by atoms with van der Waals surface area (Å²) in [5.41, 5.74) is 3.56. The molecule has 4 aromatic rings. The lowest BCUT2D eigenvalue weighted by Gasteiger charge is -2.25. The highest BCUT2D eigenvalue weighted by atomic mass is 32.1. The predicted molar refractivity (Wildman–Crippen MR) is 151 cm³/mol. The quantitative estimate of drug-likeness (QED) is 0.434. The van der Waals surface area contributed by atoms with Crippen molar-refractivity contribution >= 4 is 40.1 Å². The van der Waals surface area contributed by atoms with Crippen LogP contribution >= 0.6 is 11.3 Å². The number of nitrogens with one attached hydrogen (secondary N) is 1. The maximum absolute atomic E-state index is 14.2. The number of ether oxygens (including phenoxy) is 1. The van der Waals surface area contributed by atoms with E-state index in [0.717, 1.165) is 17.0 Å². The van der Waals surface area contributed by atoms with Crippen LogP contribution in [0.2, 0.25) is 0 Å². The molecule has 0 fully saturated rings. The molecule has 0 saturated heterocycles. The van der Waals surface area contributed by atoms with E-state index in [1.54, 1.807) is 44.2 Å². The van der Waals surface area contributed by atoms with Crippen molar-refractivity contribution < 1.29 is 14.3 Å². The second kappa shape index (κ2) is 9.52. The SMILES string of the molecule is COc1cccc([C@@H]2C(C(=O)Nc3ccccc3)=C(C)N=c3s/c(=C4\C(=O)N(C)c5ccccc54)c(=O)n32)c1. The molecule has 0 bridgehead atoms. The van der Waals surface area contributed by atoms with Crippen molar-refractivity contribution in [1.29, 1.82) is 0 Å². The fraction of sp³-hybridized carbons (Fsp3) is 0.133. The molecule has 194 valence electrons. The number of benzene rings is 3. The topological polar surface area (TPSA) is 93.0 Å². The molecular weight excluding hydrogens is 512 g/mol. The van der Waals surface area contributed by atoms with Crippen LogP contribution in [0.3, 0.4) is 0 Å². The number of nitrogens with zero attached hydrogens (tertiary/aromatic N) is 3. The van der Waals surface area contributed by atoms with E-state index in [-0.39, 0.29) is 17.4 Å². The van der Waals surface area contributed by atoms with E-state index in [2.05, 4.69) is 5.32 Å². The number of allylic oxidation sites excluding steroid dienone is 1. The molecule has 9 heteroatoms. The summed E-state index contributed by atoms with van der Waals surface area (Å²) < 4.78 is 7.26. The molecule has 8 nitrogen and oxygen atoms in total. The van der Waals surface area contributed by atoms with Crippen molar-refractivity contribution in [3.8, 4) is 5.75 Å². The Morgan fingerprint density at radius 3 is 2.51 bits per heavy atom. The van der Waals surface area contributed by atoms with Gasteiger partial charge in [-0.25, -0.2) is 4.99 Å². The molecule has 0 saturated carbocycles. The number of anilines is 2. The Balaban J connectivity index is 1.60. The number of hydrogen-bond acceptors (Lipinski definition) is 6. The van der Waals surface area contributed by atoms with Crippen molar-refractivity contribution in [1.82, 2.24) is 4.57 Å². The van der Waals surface area contributed by atoms with E-state index in [1.807, 2.05) is 60.7 Å². The summed E-state index contributed by atoms with van der Waals surface area (Å²) in [5, 5.41) is 2.94. The summed E-state index contributed by atoms with van der Waals surface area (Å²) in [6, 6.07) is 23.0. The molecule has 0 spiro atoms. The third kappa shape index (κ3) is 3.98. The average molecular weight is 537 g/mol. The Labute approximate surface area is 227 Å². The zero-order valence-electron chi connectivity index (χ0n) is 21.5. The van der Waals surface area contributed by atoms with Gasteiger partial charge in [-0.15, -0.1) is 0 Å². The van der Waals surface area contributed by atoms with Crippen molar-refractivity contribution in [2.24, 2.45) is 4.99 Å². The van der Waals surface area contributed by atoms with Crippen LogP contribution in [-0.2, 0) is 9.59 Å². The Kier molecular flexibility index (Phi) is 6.00. The first-order valence-electron chi connectivity index (χ1n) is 12.3. The van der Waals surface area contributed by atoms with Crippen LogP contribution in [0.1, 0.15) is 24.1 Å². The first kappa shape index (κ1) is 24.6. The number of rotatable bonds is 4. The fourth-order valence-electron chi connectivity index (χ4n) is 5.10. The minimum Gasteiger partial charge on any atom is -0.497 e. The monoisotopic (exact) mass is 536 g/mol. The van der Waals surface area contributed by atoms with E-state index in [9.17, 15) is 14.4 Å². The molecule has 39 heavy (non-hydrogen) atoms. The Morgan fingerprint density at radius 2 is 1.74 bits per heavy atom. The second-order valence-electron chi connectivity index (χ2n) is 9.26. The second-order valence-corrected chi connectivity index (χ2v) is 10.2. The van der Waals surface area contributed by atoms with Crippen LogP contribution in [-0.4, -0.2) is 30.5 Å². The number of thiazole rings is 1. The molecule has 2 amide bonds. The van der Waals surface area contributed by atoms with E-state index in [1.165, 1.54) is 4.57 Å². The normalized spacial score (nSPS) is 17.5. The standard InChI is InChI=1S/C30H24N4O4S/c1-17-23(27(35)32-19-11-5-4-6-12-19)25(18-10-9-13-20(16-18)38-3)34-29(37)26(39-30(34)31-17)24-21-14-7-8-15-22(21)33(2)28(24)36/h4-16,25H,1-3H3,(H,32,35)/b26-24-/t25-/m1/s1. The van der Waals surface area contributed by atoms with Crippen molar-refractivity contribution in [3.05, 3.63) is 121 Å². The van der Waals surface area contributed by atoms with Gasteiger partial charge in [-0.05, 0) is 42.8 Å². The van der Waals surface area contributed by atoms with Gasteiger partial charge in [0.15, 0.2) is 4.80 Å². The molecule has 3 aromatic carbocycles. The van der Waals surface area contributed by atoms with Gasteiger partial charge in [-0.1, -0.05) is 59.9 Å². The molecule has 3 heterocycles. The van der Waals surface area contributed by atoms with Gasteiger partial charge in [0.25, 0.3) is 17.4 Å². The number of methoxy groups -OCH3 is 1. The smallest absolute Gasteiger partial charge is 0.271 e. The molecule has 0 aliphatic carbocycles. The third-order valence-corrected chi connectivity index (χ3v) is 8.02. The number of amides is 2. The first-order valence-corrected chi connectivity index (χ1v) is 13.1. The molecule has 6 rings (SSSR count). The van der Waals surface area contributed by atoms with Crippen molar-refractivity contribution in [2.45, 2.75) is 13.0 Å². The van der Waals surface area contributed by atoms with Gasteiger partial charge in [0.2, 0.25) is 0 Å². The van der Waals surface area contributed by atoms with Crippen LogP contribution in [0.5, 0.6) is 5.75 Å². The zero-order valence-corrected chi connectivity index (χ0v) is 22.3. The van der Waals surface area contributed by atoms with Crippen LogP contribution in [0, 0.1) is 0 Å². The molecule has 2 aliphatic heterocycles. The first-order chi connectivity index (χ1) is 18.9. The molecule has 0 unspecified atom stereocenters. The number of carbonyl (C=O) groups excluding carboxylic acids is 2. The lowest BCUT2D eigenvalue weighted by Crippen LogP contribution is -2.41. The molecule has 1 N–H and O–H groups in total. The van der Waals surface area contributed by atoms with Gasteiger partial charge < -0.3 is 15.0 Å². The largest absolute Gasteiger partial charge is 0.497 e. The average Bonchev–Trinajstić information content (AvgIpc) is 3.40. The van der Waals surface area contributed by atoms with Crippen molar-refractivity contribution in [2.75, 3.05) is 24.4 Å². The van der Waals surface area contributed by atoms with Crippen LogP contribution in [0.25, 0.3) is 5.57 Å². The maximum Gasteiger partial charge on any atom is 0.271 e. The van der Waals surface area contributed by atoms with Gasteiger partial charge in [0, 0.05) is 18.3 Å². The lowest BCUT2D eigenvalue weighted by molar-refractivity contribution is -0.113. The van der Waals surface area contributed by atoms with E-state index in [4.69, 9.17) is 9.73 Å². The minimum absolute atomic E-state index is 0.253. The molecular formula is C30H24N4O4S. The highest BCUT2D eigenvalue weighted by Crippen LogP contribution is 2.35. The van der Waals surface area contributed by atoms with Crippen molar-refractivity contribution in [3.63, 3.8) is 0 Å². The number of likely N-dealkylation sites (N-methyl/N-ethyl adjacent to an activating group) is 1. The number of hydrogen-bond donors (Lipinski definition) is 1. The van der Waals surface area contributed by atoms with Crippen LogP contribution < -0.4 is 29.8 Å². The Morgan fingerprint density at radius 1 is 1.00 bits per heavy atom. The third-order valence-electron chi connectivity index (χ3n) is 6.96. The minimum atomic E-state index is -0.779. The summed E-state index contributed by atoms with van der Waals surface area (Å²) in [4.78, 5) is 47.9. The zero-order chi connectivity index (χ0) is 27.3. The molecule has 2 aliphatic rings. The van der Waals surface area contributed by atoms with Gasteiger partial charge in [0.1, 0.15) is 10.3 Å². The number of aromatic nitrogens is 1.